The van der Waals surface area contributed by atoms with Gasteiger partial charge in [-0.2, -0.15) is 8.42 Å². The number of aliphatic hydroxyl groups excluding tert-OH is 2. The van der Waals surface area contributed by atoms with Crippen LogP contribution in [0.4, 0.5) is 0 Å². The average molecular weight is 518 g/mol. The maximum absolute atomic E-state index is 12.9. The van der Waals surface area contributed by atoms with E-state index in [2.05, 4.69) is 13.0 Å². The van der Waals surface area contributed by atoms with Gasteiger partial charge in [-0.05, 0) is 19.3 Å². The summed E-state index contributed by atoms with van der Waals surface area (Å²) in [6.45, 7) is 3.38. The smallest absolute Gasteiger partial charge is 0.316 e. The number of hydrogen-bond donors (Lipinski definition) is 3. The minimum atomic E-state index is -4.30. The molecule has 204 valence electrons. The normalized spacial score (nSPS) is 15.5. The quantitative estimate of drug-likeness (QED) is 0.0870. The van der Waals surface area contributed by atoms with E-state index in [9.17, 15) is 23.4 Å². The molecule has 1 unspecified atom stereocenters. The summed E-state index contributed by atoms with van der Waals surface area (Å²) in [4.78, 5) is 14.6. The molecule has 0 aromatic rings. The van der Waals surface area contributed by atoms with Gasteiger partial charge in [-0.25, -0.2) is 0 Å². The van der Waals surface area contributed by atoms with Crippen molar-refractivity contribution in [3.05, 3.63) is 12.2 Å². The lowest BCUT2D eigenvalue weighted by molar-refractivity contribution is -0.525. The summed E-state index contributed by atoms with van der Waals surface area (Å²) >= 11 is 0. The van der Waals surface area contributed by atoms with E-state index in [1.54, 1.807) is 9.48 Å². The molecule has 1 rings (SSSR count). The van der Waals surface area contributed by atoms with Crippen molar-refractivity contribution < 1.29 is 32.6 Å². The Kier molecular flexibility index (Phi) is 17.1. The van der Waals surface area contributed by atoms with Crippen LogP contribution >= 0.6 is 0 Å². The lowest BCUT2D eigenvalue weighted by Crippen LogP contribution is -2.40. The molecule has 3 N–H and O–H groups in total. The first kappa shape index (κ1) is 31.7. The highest BCUT2D eigenvalue weighted by Crippen LogP contribution is 2.12. The number of aliphatic hydroxyl groups is 2. The molecule has 1 aliphatic rings. The van der Waals surface area contributed by atoms with Crippen molar-refractivity contribution in [3.8, 4) is 0 Å². The summed E-state index contributed by atoms with van der Waals surface area (Å²) in [6.07, 6.45) is 19.4. The molecule has 0 aliphatic carbocycles. The Morgan fingerprint density at radius 2 is 1.57 bits per heavy atom. The van der Waals surface area contributed by atoms with Gasteiger partial charge < -0.3 is 10.2 Å². The van der Waals surface area contributed by atoms with E-state index in [-0.39, 0.29) is 18.9 Å². The fourth-order valence-corrected chi connectivity index (χ4v) is 5.15. The van der Waals surface area contributed by atoms with E-state index in [0.29, 0.717) is 38.3 Å². The van der Waals surface area contributed by atoms with Crippen molar-refractivity contribution >= 4 is 21.7 Å². The lowest BCUT2D eigenvalue weighted by atomic mass is 10.1. The van der Waals surface area contributed by atoms with Crippen molar-refractivity contribution in [1.29, 1.82) is 0 Å². The molecule has 0 aromatic heterocycles. The van der Waals surface area contributed by atoms with Gasteiger partial charge in [-0.3, -0.25) is 18.8 Å². The van der Waals surface area contributed by atoms with E-state index in [1.165, 1.54) is 70.6 Å². The van der Waals surface area contributed by atoms with Crippen molar-refractivity contribution in [2.75, 3.05) is 38.5 Å². The number of carbonyl (C=O) groups is 1. The van der Waals surface area contributed by atoms with Crippen LogP contribution < -0.4 is 0 Å². The third-order valence-electron chi connectivity index (χ3n) is 6.37. The van der Waals surface area contributed by atoms with E-state index >= 15 is 0 Å². The van der Waals surface area contributed by atoms with Gasteiger partial charge in [0.15, 0.2) is 0 Å². The van der Waals surface area contributed by atoms with Crippen LogP contribution in [-0.2, 0) is 14.9 Å². The third kappa shape index (κ3) is 15.4. The number of rotatable bonds is 22. The number of β-amino-alcohol motifs (C(OH)–C–C–N with tert-alkyl or cyclic N) is 2. The minimum Gasteiger partial charge on any atom is -0.392 e. The van der Waals surface area contributed by atoms with Crippen LogP contribution in [-0.4, -0.2) is 88.9 Å². The van der Waals surface area contributed by atoms with Crippen LogP contribution in [0.1, 0.15) is 96.8 Å². The number of nitrogens with zero attached hydrogens (tertiary/aromatic N) is 2. The van der Waals surface area contributed by atoms with Crippen molar-refractivity contribution in [2.45, 2.75) is 103 Å². The van der Waals surface area contributed by atoms with Gasteiger partial charge in [0.2, 0.25) is 5.78 Å². The topological polar surface area (TPSA) is 118 Å². The molecule has 0 aromatic carbocycles. The second kappa shape index (κ2) is 18.9. The average Bonchev–Trinajstić information content (AvgIpc) is 3.17. The zero-order valence-corrected chi connectivity index (χ0v) is 22.6. The molecule has 8 nitrogen and oxygen atoms in total. The summed E-state index contributed by atoms with van der Waals surface area (Å²) < 4.78 is 32.6. The molecule has 0 radical (unpaired) electrons. The monoisotopic (exact) mass is 517 g/mol. The summed E-state index contributed by atoms with van der Waals surface area (Å²) in [5.74, 6) is -0.450. The fraction of sp³-hybridized carbons (Fsp3) is 0.846. The zero-order valence-electron chi connectivity index (χ0n) is 21.7. The van der Waals surface area contributed by atoms with Crippen LogP contribution in [0, 0.1) is 0 Å². The molecule has 1 atom stereocenters. The van der Waals surface area contributed by atoms with Gasteiger partial charge in [-0.1, -0.05) is 83.3 Å². The molecule has 1 heterocycles. The van der Waals surface area contributed by atoms with E-state index < -0.39 is 22.0 Å². The standard InChI is InChI=1S/C26H48N2O6S/c1-2-3-4-5-6-7-8-9-10-11-12-13-14-15-16-17-25(31)26-27(20-21-29)18-19-28(26)22-24(30)23-35(32,33)34/h14-15,24,29-30H,2-13,16-23H2,1H3/p+1/b15-14+. The van der Waals surface area contributed by atoms with Crippen LogP contribution in [0.25, 0.3) is 0 Å². The third-order valence-corrected chi connectivity index (χ3v) is 7.18. The summed E-state index contributed by atoms with van der Waals surface area (Å²) in [7, 11) is -4.30. The Balaban J connectivity index is 2.29. The highest BCUT2D eigenvalue weighted by molar-refractivity contribution is 7.85. The molecule has 0 bridgehead atoms. The van der Waals surface area contributed by atoms with Crippen LogP contribution in [0.15, 0.2) is 12.2 Å². The molecule has 35 heavy (non-hydrogen) atoms. The molecular formula is C26H49N2O6S+. The first-order valence-electron chi connectivity index (χ1n) is 13.6. The Labute approximate surface area is 212 Å². The maximum atomic E-state index is 12.9. The molecule has 0 spiro atoms. The SMILES string of the molecule is CCCCCCCCCCCCC/C=C/CCC(=O)C1=[N+](CC(O)CS(=O)(=O)O)CCN1CCO. The number of ketones is 1. The summed E-state index contributed by atoms with van der Waals surface area (Å²) in [5, 5.41) is 19.3. The Bertz CT molecular complexity index is 751. The van der Waals surface area contributed by atoms with Gasteiger partial charge in [-0.15, -0.1) is 0 Å². The number of carbonyl (C=O) groups excluding carboxylic acids is 1. The Morgan fingerprint density at radius 3 is 2.14 bits per heavy atom. The second-order valence-corrected chi connectivity index (χ2v) is 11.1. The molecule has 9 heteroatoms. The number of hydrogen-bond acceptors (Lipinski definition) is 6. The van der Waals surface area contributed by atoms with E-state index in [4.69, 9.17) is 4.55 Å². The molecule has 0 amide bonds. The van der Waals surface area contributed by atoms with Gasteiger partial charge in [0.25, 0.3) is 10.1 Å². The predicted octanol–water partition coefficient (Wildman–Crippen LogP) is 3.56. The molecular weight excluding hydrogens is 468 g/mol. The van der Waals surface area contributed by atoms with Gasteiger partial charge in [0.1, 0.15) is 38.0 Å². The van der Waals surface area contributed by atoms with E-state index in [0.717, 1.165) is 6.42 Å². The number of allylic oxidation sites excluding steroid dienone is 2. The Hall–Kier alpha value is -1.29. The van der Waals surface area contributed by atoms with Gasteiger partial charge in [0, 0.05) is 6.42 Å². The van der Waals surface area contributed by atoms with Crippen molar-refractivity contribution in [3.63, 3.8) is 0 Å². The van der Waals surface area contributed by atoms with Crippen LogP contribution in [0.2, 0.25) is 0 Å². The van der Waals surface area contributed by atoms with Crippen LogP contribution in [0.5, 0.6) is 0 Å². The lowest BCUT2D eigenvalue weighted by Gasteiger charge is -2.12. The Morgan fingerprint density at radius 1 is 1.00 bits per heavy atom. The highest BCUT2D eigenvalue weighted by atomic mass is 32.2. The van der Waals surface area contributed by atoms with Crippen molar-refractivity contribution in [2.24, 2.45) is 0 Å². The zero-order chi connectivity index (χ0) is 25.9. The molecule has 0 fully saturated rings. The minimum absolute atomic E-state index is 0.0580. The molecule has 0 saturated carbocycles. The first-order chi connectivity index (χ1) is 16.8. The number of amidine groups is 1. The van der Waals surface area contributed by atoms with Crippen molar-refractivity contribution in [1.82, 2.24) is 4.90 Å². The first-order valence-corrected chi connectivity index (χ1v) is 15.2. The molecule has 1 aliphatic heterocycles. The van der Waals surface area contributed by atoms with Gasteiger partial charge >= 0.3 is 5.84 Å². The number of unbranched alkanes of at least 4 members (excludes halogenated alkanes) is 11. The highest BCUT2D eigenvalue weighted by Gasteiger charge is 2.36. The molecule has 0 saturated heterocycles. The second-order valence-electron chi connectivity index (χ2n) is 9.64. The summed E-state index contributed by atoms with van der Waals surface area (Å²) in [5.41, 5.74) is 0. The number of Topliss-reactive ketones (excluding diaryl/α,β-unsaturated/α-hetero) is 1. The fourth-order valence-electron chi connectivity index (χ4n) is 4.56. The van der Waals surface area contributed by atoms with Gasteiger partial charge in [0.05, 0.1) is 6.61 Å². The maximum Gasteiger partial charge on any atom is 0.316 e. The van der Waals surface area contributed by atoms with E-state index in [1.807, 2.05) is 6.08 Å². The van der Waals surface area contributed by atoms with Crippen LogP contribution in [0.3, 0.4) is 0 Å². The largest absolute Gasteiger partial charge is 0.392 e. The summed E-state index contributed by atoms with van der Waals surface area (Å²) in [6, 6.07) is 0. The predicted molar refractivity (Wildman–Crippen MR) is 141 cm³/mol.